The largest absolute Gasteiger partial charge is 0.385 e. The Kier molecular flexibility index (Phi) is 4.88. The smallest absolute Gasteiger partial charge is 0.255 e. The molecular formula is C18H21N3O2. The second-order valence-electron chi connectivity index (χ2n) is 5.51. The van der Waals surface area contributed by atoms with E-state index in [1.807, 2.05) is 18.2 Å². The fraction of sp³-hybridized carbons (Fsp3) is 0.333. The number of pyridine rings is 1. The number of anilines is 2. The van der Waals surface area contributed by atoms with Gasteiger partial charge in [-0.15, -0.1) is 0 Å². The number of ether oxygens (including phenoxy) is 1. The maximum absolute atomic E-state index is 12.5. The molecule has 1 aliphatic rings. The number of hydrogen-bond acceptors (Lipinski definition) is 4. The van der Waals surface area contributed by atoms with Crippen LogP contribution in [0.2, 0.25) is 0 Å². The van der Waals surface area contributed by atoms with Gasteiger partial charge >= 0.3 is 0 Å². The highest BCUT2D eigenvalue weighted by Crippen LogP contribution is 2.34. The number of carbonyl (C=O) groups is 1. The van der Waals surface area contributed by atoms with Gasteiger partial charge in [0.05, 0.1) is 5.56 Å². The van der Waals surface area contributed by atoms with Gasteiger partial charge in [-0.1, -0.05) is 18.2 Å². The summed E-state index contributed by atoms with van der Waals surface area (Å²) in [5, 5.41) is 2.94. The topological polar surface area (TPSA) is 54.5 Å². The predicted molar refractivity (Wildman–Crippen MR) is 90.2 cm³/mol. The molecule has 23 heavy (non-hydrogen) atoms. The summed E-state index contributed by atoms with van der Waals surface area (Å²) in [4.78, 5) is 19.1. The zero-order valence-electron chi connectivity index (χ0n) is 13.3. The van der Waals surface area contributed by atoms with Crippen LogP contribution in [0.5, 0.6) is 0 Å². The second kappa shape index (κ2) is 7.24. The van der Waals surface area contributed by atoms with Crippen molar-refractivity contribution in [2.24, 2.45) is 0 Å². The Labute approximate surface area is 136 Å². The molecule has 1 amide bonds. The molecule has 120 valence electrons. The van der Waals surface area contributed by atoms with Gasteiger partial charge < -0.3 is 15.0 Å². The van der Waals surface area contributed by atoms with Crippen molar-refractivity contribution < 1.29 is 9.53 Å². The Morgan fingerprint density at radius 1 is 1.30 bits per heavy atom. The van der Waals surface area contributed by atoms with Crippen LogP contribution < -0.4 is 10.2 Å². The van der Waals surface area contributed by atoms with Gasteiger partial charge in [-0.05, 0) is 36.6 Å². The third kappa shape index (κ3) is 3.35. The van der Waals surface area contributed by atoms with Crippen molar-refractivity contribution in [3.05, 3.63) is 53.7 Å². The molecule has 5 nitrogen and oxygen atoms in total. The Hall–Kier alpha value is -2.40. The third-order valence-corrected chi connectivity index (χ3v) is 3.98. The van der Waals surface area contributed by atoms with E-state index in [4.69, 9.17) is 4.74 Å². The van der Waals surface area contributed by atoms with Crippen LogP contribution >= 0.6 is 0 Å². The van der Waals surface area contributed by atoms with Gasteiger partial charge in [0.1, 0.15) is 5.82 Å². The summed E-state index contributed by atoms with van der Waals surface area (Å²) in [7, 11) is 1.66. The zero-order valence-corrected chi connectivity index (χ0v) is 13.3. The van der Waals surface area contributed by atoms with Gasteiger partial charge in [0.15, 0.2) is 0 Å². The molecular weight excluding hydrogens is 290 g/mol. The van der Waals surface area contributed by atoms with Crippen LogP contribution in [0.4, 0.5) is 11.5 Å². The molecule has 1 aliphatic heterocycles. The maximum atomic E-state index is 12.5. The van der Waals surface area contributed by atoms with Crippen LogP contribution in [0.15, 0.2) is 42.6 Å². The van der Waals surface area contributed by atoms with Crippen LogP contribution in [-0.2, 0) is 11.2 Å². The fourth-order valence-corrected chi connectivity index (χ4v) is 2.86. The van der Waals surface area contributed by atoms with Crippen molar-refractivity contribution in [2.45, 2.75) is 12.8 Å². The monoisotopic (exact) mass is 311 g/mol. The number of benzene rings is 1. The molecule has 0 saturated carbocycles. The maximum Gasteiger partial charge on any atom is 0.255 e. The second-order valence-corrected chi connectivity index (χ2v) is 5.51. The van der Waals surface area contributed by atoms with Crippen LogP contribution in [0.25, 0.3) is 0 Å². The van der Waals surface area contributed by atoms with Crippen molar-refractivity contribution in [3.8, 4) is 0 Å². The van der Waals surface area contributed by atoms with Crippen LogP contribution in [0, 0.1) is 0 Å². The molecule has 0 atom stereocenters. The summed E-state index contributed by atoms with van der Waals surface area (Å²) in [5.74, 6) is 0.635. The first-order valence-electron chi connectivity index (χ1n) is 7.89. The Balaban J connectivity index is 1.80. The minimum atomic E-state index is -0.0893. The minimum Gasteiger partial charge on any atom is -0.385 e. The van der Waals surface area contributed by atoms with Crippen molar-refractivity contribution in [1.29, 1.82) is 0 Å². The van der Waals surface area contributed by atoms with Crippen molar-refractivity contribution in [3.63, 3.8) is 0 Å². The first kappa shape index (κ1) is 15.5. The number of methoxy groups -OCH3 is 1. The molecule has 0 aliphatic carbocycles. The molecule has 2 aromatic rings. The molecule has 1 aromatic carbocycles. The molecule has 1 N–H and O–H groups in total. The van der Waals surface area contributed by atoms with E-state index in [1.54, 1.807) is 19.4 Å². The molecule has 3 rings (SSSR count). The van der Waals surface area contributed by atoms with Crippen LogP contribution in [-0.4, -0.2) is 37.7 Å². The Morgan fingerprint density at radius 3 is 3.04 bits per heavy atom. The highest BCUT2D eigenvalue weighted by atomic mass is 16.5. The lowest BCUT2D eigenvalue weighted by atomic mass is 10.1. The Morgan fingerprint density at radius 2 is 2.17 bits per heavy atom. The molecule has 5 heteroatoms. The number of nitrogens with one attached hydrogen (secondary N) is 1. The van der Waals surface area contributed by atoms with Gasteiger partial charge in [0.25, 0.3) is 5.91 Å². The standard InChI is InChI=1S/C18H21N3O2/c1-23-13-5-11-20-18(22)15-7-4-10-19-17(15)21-12-9-14-6-2-3-8-16(14)21/h2-4,6-8,10H,5,9,11-13H2,1H3,(H,20,22). The normalized spacial score (nSPS) is 13.0. The van der Waals surface area contributed by atoms with Crippen LogP contribution in [0.3, 0.4) is 0 Å². The first-order valence-corrected chi connectivity index (χ1v) is 7.89. The molecule has 0 radical (unpaired) electrons. The summed E-state index contributed by atoms with van der Waals surface area (Å²) in [6.45, 7) is 2.08. The number of aromatic nitrogens is 1. The van der Waals surface area contributed by atoms with Gasteiger partial charge in [-0.2, -0.15) is 0 Å². The van der Waals surface area contributed by atoms with Gasteiger partial charge in [0.2, 0.25) is 0 Å². The lowest BCUT2D eigenvalue weighted by Crippen LogP contribution is -2.28. The average molecular weight is 311 g/mol. The molecule has 0 saturated heterocycles. The van der Waals surface area contributed by atoms with Crippen molar-refractivity contribution in [1.82, 2.24) is 10.3 Å². The minimum absolute atomic E-state index is 0.0893. The van der Waals surface area contributed by atoms with Crippen molar-refractivity contribution in [2.75, 3.05) is 31.7 Å². The summed E-state index contributed by atoms with van der Waals surface area (Å²) in [5.41, 5.74) is 3.05. The van der Waals surface area contributed by atoms with Gasteiger partial charge in [-0.25, -0.2) is 4.98 Å². The molecule has 0 fully saturated rings. The molecule has 0 bridgehead atoms. The van der Waals surface area contributed by atoms with Crippen molar-refractivity contribution >= 4 is 17.4 Å². The van der Waals surface area contributed by atoms with E-state index in [0.717, 1.165) is 30.9 Å². The molecule has 2 heterocycles. The van der Waals surface area contributed by atoms with E-state index in [-0.39, 0.29) is 5.91 Å². The number of carbonyl (C=O) groups excluding carboxylic acids is 1. The van der Waals surface area contributed by atoms with E-state index < -0.39 is 0 Å². The lowest BCUT2D eigenvalue weighted by Gasteiger charge is -2.21. The fourth-order valence-electron chi connectivity index (χ4n) is 2.86. The van der Waals surface area contributed by atoms with E-state index in [2.05, 4.69) is 27.3 Å². The van der Waals surface area contributed by atoms with E-state index in [9.17, 15) is 4.79 Å². The summed E-state index contributed by atoms with van der Waals surface area (Å²) in [6.07, 6.45) is 3.50. The number of amides is 1. The first-order chi connectivity index (χ1) is 11.3. The molecule has 0 spiro atoms. The zero-order chi connectivity index (χ0) is 16.1. The number of para-hydroxylation sites is 1. The predicted octanol–water partition coefficient (Wildman–Crippen LogP) is 2.54. The number of fused-ring (bicyclic) bond motifs is 1. The molecule has 1 aromatic heterocycles. The lowest BCUT2D eigenvalue weighted by molar-refractivity contribution is 0.0949. The number of rotatable bonds is 6. The summed E-state index contributed by atoms with van der Waals surface area (Å²) in [6, 6.07) is 11.9. The SMILES string of the molecule is COCCCNC(=O)c1cccnc1N1CCc2ccccc21. The summed E-state index contributed by atoms with van der Waals surface area (Å²) >= 11 is 0. The summed E-state index contributed by atoms with van der Waals surface area (Å²) < 4.78 is 5.00. The average Bonchev–Trinajstić information content (AvgIpc) is 3.02. The highest BCUT2D eigenvalue weighted by Gasteiger charge is 2.24. The molecule has 0 unspecified atom stereocenters. The van der Waals surface area contributed by atoms with E-state index in [0.29, 0.717) is 18.7 Å². The third-order valence-electron chi connectivity index (χ3n) is 3.98. The quantitative estimate of drug-likeness (QED) is 0.833. The van der Waals surface area contributed by atoms with E-state index in [1.165, 1.54) is 5.56 Å². The Bertz CT molecular complexity index is 687. The van der Waals surface area contributed by atoms with Crippen LogP contribution in [0.1, 0.15) is 22.3 Å². The number of hydrogen-bond donors (Lipinski definition) is 1. The number of nitrogens with zero attached hydrogens (tertiary/aromatic N) is 2. The van der Waals surface area contributed by atoms with Gasteiger partial charge in [-0.3, -0.25) is 4.79 Å². The highest BCUT2D eigenvalue weighted by molar-refractivity contribution is 5.99. The van der Waals surface area contributed by atoms with Gasteiger partial charge in [0, 0.05) is 38.7 Å². The van der Waals surface area contributed by atoms with E-state index >= 15 is 0 Å².